The van der Waals surface area contributed by atoms with Gasteiger partial charge in [0, 0.05) is 0 Å². The van der Waals surface area contributed by atoms with E-state index in [-0.39, 0.29) is 12.2 Å². The van der Waals surface area contributed by atoms with Crippen LogP contribution in [0.3, 0.4) is 0 Å². The number of fused-ring (bicyclic) bond motifs is 1. The van der Waals surface area contributed by atoms with Gasteiger partial charge in [0.05, 0.1) is 40.0 Å². The van der Waals surface area contributed by atoms with E-state index in [4.69, 9.17) is 24.3 Å². The van der Waals surface area contributed by atoms with Gasteiger partial charge in [0.15, 0.2) is 11.4 Å². The first-order valence-corrected chi connectivity index (χ1v) is 13.9. The quantitative estimate of drug-likeness (QED) is 0.345. The van der Waals surface area contributed by atoms with Crippen molar-refractivity contribution in [3.63, 3.8) is 0 Å². The average molecular weight is 616 g/mol. The van der Waals surface area contributed by atoms with Gasteiger partial charge < -0.3 is 19.3 Å². The number of halogens is 1. The molecule has 1 aliphatic rings. The number of hydrogen-bond donors (Lipinski definition) is 1. The molecule has 39 heavy (non-hydrogen) atoms. The van der Waals surface area contributed by atoms with E-state index in [1.165, 1.54) is 11.3 Å². The zero-order valence-electron chi connectivity index (χ0n) is 21.6. The maximum Gasteiger partial charge on any atom is 0.341 e. The SMILES string of the molecule is CCCC1=C(C(=O)OCC)[C@@H](c2ccc(OC)c(Br)c2)n2c(s/c(=C\c3ccc(OCC(=O)O)cc3)c2=O)=N1. The number of benzene rings is 2. The summed E-state index contributed by atoms with van der Waals surface area (Å²) in [6.45, 7) is 3.49. The number of methoxy groups -OCH3 is 1. The van der Waals surface area contributed by atoms with Crippen molar-refractivity contribution in [3.05, 3.63) is 89.0 Å². The third kappa shape index (κ3) is 6.15. The molecule has 0 aliphatic carbocycles. The molecule has 0 fully saturated rings. The molecule has 1 aliphatic heterocycles. The number of esters is 1. The van der Waals surface area contributed by atoms with Crippen LogP contribution in [0.2, 0.25) is 0 Å². The number of carboxylic acids is 1. The summed E-state index contributed by atoms with van der Waals surface area (Å²) in [6, 6.07) is 11.5. The van der Waals surface area contributed by atoms with Crippen molar-refractivity contribution in [2.75, 3.05) is 20.3 Å². The second kappa shape index (κ2) is 12.4. The van der Waals surface area contributed by atoms with Crippen LogP contribution in [0.5, 0.6) is 11.5 Å². The van der Waals surface area contributed by atoms with Crippen LogP contribution in [-0.2, 0) is 14.3 Å². The zero-order valence-corrected chi connectivity index (χ0v) is 24.0. The molecular weight excluding hydrogens is 588 g/mol. The number of carbonyl (C=O) groups is 2. The molecule has 11 heteroatoms. The van der Waals surface area contributed by atoms with E-state index in [1.54, 1.807) is 55.0 Å². The fourth-order valence-corrected chi connectivity index (χ4v) is 5.82. The van der Waals surface area contributed by atoms with Crippen molar-refractivity contribution in [2.45, 2.75) is 32.7 Å². The van der Waals surface area contributed by atoms with Crippen LogP contribution in [0.25, 0.3) is 6.08 Å². The van der Waals surface area contributed by atoms with Crippen LogP contribution < -0.4 is 24.4 Å². The van der Waals surface area contributed by atoms with E-state index in [1.807, 2.05) is 19.1 Å². The van der Waals surface area contributed by atoms with Gasteiger partial charge in [-0.2, -0.15) is 0 Å². The fraction of sp³-hybridized carbons (Fsp3) is 0.286. The van der Waals surface area contributed by atoms with Crippen molar-refractivity contribution in [1.29, 1.82) is 0 Å². The van der Waals surface area contributed by atoms with Crippen molar-refractivity contribution < 1.29 is 28.9 Å². The average Bonchev–Trinajstić information content (AvgIpc) is 3.22. The summed E-state index contributed by atoms with van der Waals surface area (Å²) in [6.07, 6.45) is 3.04. The summed E-state index contributed by atoms with van der Waals surface area (Å²) in [5.41, 5.74) is 2.08. The molecule has 2 heterocycles. The van der Waals surface area contributed by atoms with E-state index in [0.717, 1.165) is 12.0 Å². The van der Waals surface area contributed by atoms with Crippen molar-refractivity contribution >= 4 is 45.3 Å². The first-order chi connectivity index (χ1) is 18.8. The highest BCUT2D eigenvalue weighted by molar-refractivity contribution is 9.10. The van der Waals surface area contributed by atoms with E-state index in [2.05, 4.69) is 15.9 Å². The van der Waals surface area contributed by atoms with Gasteiger partial charge in [-0.15, -0.1) is 0 Å². The van der Waals surface area contributed by atoms with E-state index in [0.29, 0.717) is 48.6 Å². The van der Waals surface area contributed by atoms with Gasteiger partial charge in [-0.3, -0.25) is 9.36 Å². The highest BCUT2D eigenvalue weighted by atomic mass is 79.9. The molecule has 0 saturated heterocycles. The Bertz CT molecular complexity index is 1610. The Kier molecular flexibility index (Phi) is 9.03. The fourth-order valence-electron chi connectivity index (χ4n) is 4.25. The number of carbonyl (C=O) groups excluding carboxylic acids is 1. The highest BCUT2D eigenvalue weighted by Gasteiger charge is 2.34. The number of nitrogens with zero attached hydrogens (tertiary/aromatic N) is 2. The van der Waals surface area contributed by atoms with E-state index >= 15 is 0 Å². The normalized spacial score (nSPS) is 15.0. The summed E-state index contributed by atoms with van der Waals surface area (Å²) < 4.78 is 18.7. The third-order valence-electron chi connectivity index (χ3n) is 5.92. The maximum absolute atomic E-state index is 13.8. The molecule has 0 amide bonds. The summed E-state index contributed by atoms with van der Waals surface area (Å²) in [5.74, 6) is -0.544. The van der Waals surface area contributed by atoms with Gasteiger partial charge in [-0.1, -0.05) is 42.9 Å². The molecule has 0 unspecified atom stereocenters. The minimum absolute atomic E-state index is 0.192. The number of hydrogen-bond acceptors (Lipinski definition) is 8. The van der Waals surface area contributed by atoms with Crippen molar-refractivity contribution in [3.8, 4) is 11.5 Å². The van der Waals surface area contributed by atoms with Gasteiger partial charge in [0.25, 0.3) is 5.56 Å². The monoisotopic (exact) mass is 614 g/mol. The lowest BCUT2D eigenvalue weighted by Crippen LogP contribution is -2.40. The summed E-state index contributed by atoms with van der Waals surface area (Å²) in [4.78, 5) is 43.1. The third-order valence-corrected chi connectivity index (χ3v) is 7.53. The molecule has 0 radical (unpaired) electrons. The second-order valence-corrected chi connectivity index (χ2v) is 10.4. The molecule has 0 spiro atoms. The number of rotatable bonds is 10. The molecule has 0 bridgehead atoms. The summed E-state index contributed by atoms with van der Waals surface area (Å²) in [5, 5.41) is 8.80. The molecular formula is C28H27BrN2O7S. The number of thiazole rings is 1. The number of aromatic nitrogens is 1. The number of ether oxygens (including phenoxy) is 3. The number of aliphatic carboxylic acids is 1. The van der Waals surface area contributed by atoms with E-state index < -0.39 is 24.6 Å². The number of carboxylic acid groups (broad SMARTS) is 1. The molecule has 1 atom stereocenters. The van der Waals surface area contributed by atoms with Gasteiger partial charge in [-0.25, -0.2) is 14.6 Å². The van der Waals surface area contributed by atoms with Crippen LogP contribution in [-0.4, -0.2) is 41.9 Å². The first kappa shape index (κ1) is 28.3. The van der Waals surface area contributed by atoms with Crippen molar-refractivity contribution in [1.82, 2.24) is 4.57 Å². The molecule has 9 nitrogen and oxygen atoms in total. The Labute approximate surface area is 236 Å². The van der Waals surface area contributed by atoms with Gasteiger partial charge in [0.2, 0.25) is 0 Å². The minimum Gasteiger partial charge on any atom is -0.496 e. The molecule has 3 aromatic rings. The van der Waals surface area contributed by atoms with Crippen LogP contribution in [0, 0.1) is 0 Å². The Balaban J connectivity index is 1.88. The van der Waals surface area contributed by atoms with Gasteiger partial charge in [-0.05, 0) is 70.7 Å². The maximum atomic E-state index is 13.8. The first-order valence-electron chi connectivity index (χ1n) is 12.3. The van der Waals surface area contributed by atoms with Crippen LogP contribution in [0.15, 0.2) is 68.0 Å². The Morgan fingerprint density at radius 2 is 1.92 bits per heavy atom. The molecule has 1 N–H and O–H groups in total. The standard InChI is InChI=1S/C28H27BrN2O7S/c1-4-6-20-24(27(35)37-5-2)25(17-9-12-21(36-3)19(29)14-17)31-26(34)22(39-28(31)30-20)13-16-7-10-18(11-8-16)38-15-23(32)33/h7-14,25H,4-6,15H2,1-3H3,(H,32,33)/b22-13-/t25-/m1/s1. The number of allylic oxidation sites excluding steroid dienone is 1. The van der Waals surface area contributed by atoms with Gasteiger partial charge >= 0.3 is 11.9 Å². The molecule has 204 valence electrons. The molecule has 0 saturated carbocycles. The summed E-state index contributed by atoms with van der Waals surface area (Å²) in [7, 11) is 1.57. The van der Waals surface area contributed by atoms with Crippen molar-refractivity contribution in [2.24, 2.45) is 4.99 Å². The Morgan fingerprint density at radius 3 is 2.54 bits per heavy atom. The summed E-state index contributed by atoms with van der Waals surface area (Å²) >= 11 is 4.76. The predicted octanol–water partition coefficient (Wildman–Crippen LogP) is 3.81. The smallest absolute Gasteiger partial charge is 0.341 e. The Morgan fingerprint density at radius 1 is 1.18 bits per heavy atom. The molecule has 2 aromatic carbocycles. The lowest BCUT2D eigenvalue weighted by atomic mass is 9.94. The molecule has 1 aromatic heterocycles. The van der Waals surface area contributed by atoms with Crippen LogP contribution in [0.4, 0.5) is 0 Å². The molecule has 4 rings (SSSR count). The Hall–Kier alpha value is -3.70. The second-order valence-electron chi connectivity index (χ2n) is 8.56. The largest absolute Gasteiger partial charge is 0.496 e. The lowest BCUT2D eigenvalue weighted by Gasteiger charge is -2.26. The zero-order chi connectivity index (χ0) is 28.1. The lowest BCUT2D eigenvalue weighted by molar-refractivity contribution is -0.140. The topological polar surface area (TPSA) is 116 Å². The predicted molar refractivity (Wildman–Crippen MR) is 150 cm³/mol. The minimum atomic E-state index is -1.07. The van der Waals surface area contributed by atoms with Gasteiger partial charge in [0.1, 0.15) is 11.5 Å². The van der Waals surface area contributed by atoms with E-state index in [9.17, 15) is 14.4 Å². The van der Waals surface area contributed by atoms with Crippen LogP contribution >= 0.6 is 27.3 Å². The highest BCUT2D eigenvalue weighted by Crippen LogP contribution is 2.36. The van der Waals surface area contributed by atoms with Crippen LogP contribution in [0.1, 0.15) is 43.9 Å².